The summed E-state index contributed by atoms with van der Waals surface area (Å²) in [4.78, 5) is 17.2. The van der Waals surface area contributed by atoms with Crippen molar-refractivity contribution in [3.05, 3.63) is 23.9 Å². The zero-order valence-corrected chi connectivity index (χ0v) is 7.94. The summed E-state index contributed by atoms with van der Waals surface area (Å²) in [6.45, 7) is 3.74. The molecule has 0 amide bonds. The number of hydrogen-bond donors (Lipinski definition) is 1. The molecule has 0 radical (unpaired) electrons. The molecule has 0 spiro atoms. The minimum Gasteiger partial charge on any atom is -0.353 e. The second-order valence-electron chi connectivity index (χ2n) is 3.27. The van der Waals surface area contributed by atoms with Gasteiger partial charge in [0.05, 0.1) is 5.56 Å². The van der Waals surface area contributed by atoms with Crippen LogP contribution in [-0.4, -0.2) is 37.4 Å². The summed E-state index contributed by atoms with van der Waals surface area (Å²) in [6.07, 6.45) is 2.59. The van der Waals surface area contributed by atoms with Gasteiger partial charge in [-0.05, 0) is 12.1 Å². The lowest BCUT2D eigenvalue weighted by molar-refractivity contribution is 0.112. The van der Waals surface area contributed by atoms with Gasteiger partial charge in [0.2, 0.25) is 0 Å². The second-order valence-corrected chi connectivity index (χ2v) is 3.27. The number of nitrogens with zero attached hydrogens (tertiary/aromatic N) is 2. The third-order valence-corrected chi connectivity index (χ3v) is 2.36. The Kier molecular flexibility index (Phi) is 2.74. The van der Waals surface area contributed by atoms with Gasteiger partial charge in [-0.3, -0.25) is 4.79 Å². The minimum atomic E-state index is 0.675. The van der Waals surface area contributed by atoms with Crippen LogP contribution in [0.3, 0.4) is 0 Å². The van der Waals surface area contributed by atoms with Gasteiger partial charge in [0.1, 0.15) is 5.82 Å². The molecule has 0 bridgehead atoms. The number of piperazine rings is 1. The second kappa shape index (κ2) is 4.19. The first kappa shape index (κ1) is 9.15. The van der Waals surface area contributed by atoms with E-state index in [1.54, 1.807) is 18.3 Å². The van der Waals surface area contributed by atoms with Crippen molar-refractivity contribution in [3.63, 3.8) is 0 Å². The number of pyridine rings is 1. The van der Waals surface area contributed by atoms with Gasteiger partial charge in [0, 0.05) is 32.4 Å². The van der Waals surface area contributed by atoms with Crippen molar-refractivity contribution in [2.45, 2.75) is 0 Å². The van der Waals surface area contributed by atoms with Crippen LogP contribution in [0.2, 0.25) is 0 Å². The highest BCUT2D eigenvalue weighted by Crippen LogP contribution is 2.15. The van der Waals surface area contributed by atoms with Crippen molar-refractivity contribution in [3.8, 4) is 0 Å². The normalized spacial score (nSPS) is 16.7. The number of hydrogen-bond acceptors (Lipinski definition) is 4. The van der Waals surface area contributed by atoms with E-state index in [4.69, 9.17) is 0 Å². The molecule has 74 valence electrons. The van der Waals surface area contributed by atoms with Crippen LogP contribution in [0.4, 0.5) is 5.82 Å². The molecule has 1 aromatic rings. The van der Waals surface area contributed by atoms with Gasteiger partial charge in [-0.2, -0.15) is 0 Å². The lowest BCUT2D eigenvalue weighted by atomic mass is 10.2. The Bertz CT molecular complexity index is 321. The van der Waals surface area contributed by atoms with Gasteiger partial charge in [-0.25, -0.2) is 4.98 Å². The summed E-state index contributed by atoms with van der Waals surface area (Å²) in [5, 5.41) is 3.26. The smallest absolute Gasteiger partial charge is 0.153 e. The van der Waals surface area contributed by atoms with Crippen molar-refractivity contribution in [2.24, 2.45) is 0 Å². The number of aromatic nitrogens is 1. The maximum Gasteiger partial charge on any atom is 0.153 e. The quantitative estimate of drug-likeness (QED) is 0.683. The monoisotopic (exact) mass is 191 g/mol. The molecule has 0 aliphatic carbocycles. The molecule has 14 heavy (non-hydrogen) atoms. The van der Waals surface area contributed by atoms with E-state index >= 15 is 0 Å². The molecule has 1 N–H and O–H groups in total. The number of carbonyl (C=O) groups excluding carboxylic acids is 1. The first-order chi connectivity index (χ1) is 6.92. The van der Waals surface area contributed by atoms with E-state index in [1.165, 1.54) is 0 Å². The number of rotatable bonds is 2. The Balaban J connectivity index is 2.24. The summed E-state index contributed by atoms with van der Waals surface area (Å²) >= 11 is 0. The molecule has 1 aliphatic heterocycles. The minimum absolute atomic E-state index is 0.675. The fraction of sp³-hybridized carbons (Fsp3) is 0.400. The number of nitrogens with one attached hydrogen (secondary N) is 1. The van der Waals surface area contributed by atoms with Gasteiger partial charge in [0.15, 0.2) is 6.29 Å². The third-order valence-electron chi connectivity index (χ3n) is 2.36. The van der Waals surface area contributed by atoms with E-state index in [1.807, 2.05) is 0 Å². The van der Waals surface area contributed by atoms with E-state index in [0.29, 0.717) is 5.56 Å². The largest absolute Gasteiger partial charge is 0.353 e. The molecule has 4 nitrogen and oxygen atoms in total. The Morgan fingerprint density at radius 2 is 2.21 bits per heavy atom. The summed E-state index contributed by atoms with van der Waals surface area (Å²) in [7, 11) is 0. The van der Waals surface area contributed by atoms with Crippen LogP contribution in [0.5, 0.6) is 0 Å². The van der Waals surface area contributed by atoms with Crippen molar-refractivity contribution < 1.29 is 4.79 Å². The lowest BCUT2D eigenvalue weighted by Crippen LogP contribution is -2.44. The third kappa shape index (κ3) is 1.75. The highest BCUT2D eigenvalue weighted by molar-refractivity contribution is 5.82. The van der Waals surface area contributed by atoms with Gasteiger partial charge >= 0.3 is 0 Å². The molecule has 2 heterocycles. The molecule has 0 aromatic carbocycles. The lowest BCUT2D eigenvalue weighted by Gasteiger charge is -2.29. The number of carbonyl (C=O) groups is 1. The average Bonchev–Trinajstić information content (AvgIpc) is 2.30. The fourth-order valence-corrected chi connectivity index (χ4v) is 1.64. The van der Waals surface area contributed by atoms with E-state index in [9.17, 15) is 4.79 Å². The SMILES string of the molecule is O=Cc1cccnc1N1CCNCC1. The summed E-state index contributed by atoms with van der Waals surface area (Å²) < 4.78 is 0. The molecular formula is C10H13N3O. The molecule has 1 aromatic heterocycles. The van der Waals surface area contributed by atoms with Crippen LogP contribution in [0.15, 0.2) is 18.3 Å². The van der Waals surface area contributed by atoms with Crippen molar-refractivity contribution in [1.82, 2.24) is 10.3 Å². The first-order valence-corrected chi connectivity index (χ1v) is 4.77. The van der Waals surface area contributed by atoms with E-state index < -0.39 is 0 Å². The van der Waals surface area contributed by atoms with Crippen molar-refractivity contribution in [1.29, 1.82) is 0 Å². The topological polar surface area (TPSA) is 45.2 Å². The predicted molar refractivity (Wildman–Crippen MR) is 54.7 cm³/mol. The standard InChI is InChI=1S/C10H13N3O/c14-8-9-2-1-3-12-10(9)13-6-4-11-5-7-13/h1-3,8,11H,4-7H2. The molecular weight excluding hydrogens is 178 g/mol. The average molecular weight is 191 g/mol. The van der Waals surface area contributed by atoms with Crippen LogP contribution >= 0.6 is 0 Å². The highest BCUT2D eigenvalue weighted by Gasteiger charge is 2.14. The van der Waals surface area contributed by atoms with Gasteiger partial charge < -0.3 is 10.2 Å². The summed E-state index contributed by atoms with van der Waals surface area (Å²) in [5.74, 6) is 0.809. The van der Waals surface area contributed by atoms with Crippen LogP contribution in [0.25, 0.3) is 0 Å². The maximum atomic E-state index is 10.8. The first-order valence-electron chi connectivity index (χ1n) is 4.77. The highest BCUT2D eigenvalue weighted by atomic mass is 16.1. The van der Waals surface area contributed by atoms with Gasteiger partial charge in [0.25, 0.3) is 0 Å². The Morgan fingerprint density at radius 1 is 1.43 bits per heavy atom. The molecule has 1 aliphatic rings. The molecule has 2 rings (SSSR count). The zero-order valence-electron chi connectivity index (χ0n) is 7.94. The van der Waals surface area contributed by atoms with Crippen LogP contribution in [0.1, 0.15) is 10.4 Å². The van der Waals surface area contributed by atoms with Crippen LogP contribution in [-0.2, 0) is 0 Å². The molecule has 0 atom stereocenters. The Hall–Kier alpha value is -1.42. The molecule has 4 heteroatoms. The predicted octanol–water partition coefficient (Wildman–Crippen LogP) is 0.304. The Labute approximate surface area is 82.9 Å². The van der Waals surface area contributed by atoms with E-state index in [0.717, 1.165) is 38.3 Å². The fourth-order valence-electron chi connectivity index (χ4n) is 1.64. The molecule has 0 unspecified atom stereocenters. The molecule has 1 saturated heterocycles. The van der Waals surface area contributed by atoms with E-state index in [2.05, 4.69) is 15.2 Å². The summed E-state index contributed by atoms with van der Waals surface area (Å²) in [6, 6.07) is 3.59. The Morgan fingerprint density at radius 3 is 2.93 bits per heavy atom. The van der Waals surface area contributed by atoms with Crippen LogP contribution < -0.4 is 10.2 Å². The number of aldehydes is 1. The zero-order chi connectivity index (χ0) is 9.80. The summed E-state index contributed by atoms with van der Waals surface area (Å²) in [5.41, 5.74) is 0.675. The molecule has 0 saturated carbocycles. The number of anilines is 1. The maximum absolute atomic E-state index is 10.8. The van der Waals surface area contributed by atoms with Gasteiger partial charge in [-0.1, -0.05) is 0 Å². The van der Waals surface area contributed by atoms with Gasteiger partial charge in [-0.15, -0.1) is 0 Å². The van der Waals surface area contributed by atoms with Crippen molar-refractivity contribution >= 4 is 12.1 Å². The van der Waals surface area contributed by atoms with Crippen molar-refractivity contribution in [2.75, 3.05) is 31.1 Å². The van der Waals surface area contributed by atoms with E-state index in [-0.39, 0.29) is 0 Å². The molecule has 1 fully saturated rings. The van der Waals surface area contributed by atoms with Crippen LogP contribution in [0, 0.1) is 0 Å².